The van der Waals surface area contributed by atoms with Gasteiger partial charge in [-0.3, -0.25) is 9.97 Å². The van der Waals surface area contributed by atoms with Crippen LogP contribution in [0.1, 0.15) is 29.9 Å². The Hall–Kier alpha value is -1.74. The lowest BCUT2D eigenvalue weighted by Gasteiger charge is -2.17. The zero-order valence-electron chi connectivity index (χ0n) is 10.4. The highest BCUT2D eigenvalue weighted by Crippen LogP contribution is 2.28. The van der Waals surface area contributed by atoms with Gasteiger partial charge in [0.2, 0.25) is 0 Å². The molecule has 0 amide bonds. The normalized spacial score (nSPS) is 10.8. The molecule has 2 heterocycles. The topological polar surface area (TPSA) is 51.8 Å². The van der Waals surface area contributed by atoms with E-state index < -0.39 is 0 Å². The Kier molecular flexibility index (Phi) is 4.85. The molecule has 0 aromatic carbocycles. The molecule has 93 valence electrons. The molecule has 18 heavy (non-hydrogen) atoms. The number of pyridine rings is 2. The van der Waals surface area contributed by atoms with E-state index >= 15 is 0 Å². The maximum absolute atomic E-state index is 5.54. The Morgan fingerprint density at radius 1 is 0.944 bits per heavy atom. The van der Waals surface area contributed by atoms with E-state index in [4.69, 9.17) is 5.73 Å². The second-order valence-corrected chi connectivity index (χ2v) is 4.22. The predicted octanol–water partition coefficient (Wildman–Crippen LogP) is 2.55. The van der Waals surface area contributed by atoms with Crippen molar-refractivity contribution in [1.29, 1.82) is 0 Å². The van der Waals surface area contributed by atoms with E-state index in [0.29, 0.717) is 12.5 Å². The van der Waals surface area contributed by atoms with Gasteiger partial charge >= 0.3 is 0 Å². The Labute approximate surface area is 108 Å². The summed E-state index contributed by atoms with van der Waals surface area (Å²) in [4.78, 5) is 8.15. The molecule has 0 fully saturated rings. The minimum Gasteiger partial charge on any atom is -0.330 e. The van der Waals surface area contributed by atoms with Gasteiger partial charge in [0.25, 0.3) is 0 Å². The molecular weight excluding hydrogens is 222 g/mol. The molecule has 3 heteroatoms. The van der Waals surface area contributed by atoms with Crippen molar-refractivity contribution < 1.29 is 0 Å². The van der Waals surface area contributed by atoms with E-state index in [-0.39, 0.29) is 0 Å². The number of aromatic nitrogens is 2. The SMILES string of the molecule is NCC[CH]CC(c1ccncc1)c1ccncc1. The van der Waals surface area contributed by atoms with Crippen LogP contribution in [0.4, 0.5) is 0 Å². The highest BCUT2D eigenvalue weighted by atomic mass is 14.6. The Morgan fingerprint density at radius 2 is 1.44 bits per heavy atom. The summed E-state index contributed by atoms with van der Waals surface area (Å²) in [6, 6.07) is 8.28. The summed E-state index contributed by atoms with van der Waals surface area (Å²) in [6.45, 7) is 0.708. The summed E-state index contributed by atoms with van der Waals surface area (Å²) in [7, 11) is 0. The maximum Gasteiger partial charge on any atom is 0.0270 e. The van der Waals surface area contributed by atoms with E-state index in [2.05, 4.69) is 40.7 Å². The van der Waals surface area contributed by atoms with Crippen LogP contribution in [0.3, 0.4) is 0 Å². The maximum atomic E-state index is 5.54. The summed E-state index contributed by atoms with van der Waals surface area (Å²) in [5.74, 6) is 0.363. The molecule has 0 saturated carbocycles. The van der Waals surface area contributed by atoms with Crippen LogP contribution in [-0.2, 0) is 0 Å². The molecule has 0 bridgehead atoms. The van der Waals surface area contributed by atoms with Crippen molar-refractivity contribution in [1.82, 2.24) is 9.97 Å². The third-order valence-corrected chi connectivity index (χ3v) is 2.99. The molecular formula is C15H18N3. The first-order chi connectivity index (χ1) is 8.92. The molecule has 0 aliphatic carbocycles. The van der Waals surface area contributed by atoms with Crippen molar-refractivity contribution in [2.75, 3.05) is 6.54 Å². The summed E-state index contributed by atoms with van der Waals surface area (Å²) >= 11 is 0. The first-order valence-corrected chi connectivity index (χ1v) is 6.23. The van der Waals surface area contributed by atoms with E-state index in [0.717, 1.165) is 12.8 Å². The van der Waals surface area contributed by atoms with Crippen molar-refractivity contribution in [3.63, 3.8) is 0 Å². The van der Waals surface area contributed by atoms with Gasteiger partial charge in [0.05, 0.1) is 0 Å². The number of nitrogens with two attached hydrogens (primary N) is 1. The molecule has 2 aromatic heterocycles. The quantitative estimate of drug-likeness (QED) is 0.789. The van der Waals surface area contributed by atoms with Crippen LogP contribution in [0, 0.1) is 6.42 Å². The summed E-state index contributed by atoms with van der Waals surface area (Å²) in [5, 5.41) is 0. The van der Waals surface area contributed by atoms with Crippen molar-refractivity contribution in [2.45, 2.75) is 18.8 Å². The van der Waals surface area contributed by atoms with Gasteiger partial charge in [0.1, 0.15) is 0 Å². The summed E-state index contributed by atoms with van der Waals surface area (Å²) in [5.41, 5.74) is 8.10. The number of nitrogens with zero attached hydrogens (tertiary/aromatic N) is 2. The molecule has 0 aliphatic heterocycles. The van der Waals surface area contributed by atoms with E-state index in [1.165, 1.54) is 11.1 Å². The Morgan fingerprint density at radius 3 is 1.89 bits per heavy atom. The average Bonchev–Trinajstić information content (AvgIpc) is 2.46. The van der Waals surface area contributed by atoms with Crippen molar-refractivity contribution in [2.24, 2.45) is 5.73 Å². The molecule has 0 atom stereocenters. The van der Waals surface area contributed by atoms with Gasteiger partial charge in [-0.25, -0.2) is 0 Å². The fourth-order valence-electron chi connectivity index (χ4n) is 2.06. The first-order valence-electron chi connectivity index (χ1n) is 6.23. The number of hydrogen-bond acceptors (Lipinski definition) is 3. The summed E-state index contributed by atoms with van der Waals surface area (Å²) < 4.78 is 0. The monoisotopic (exact) mass is 240 g/mol. The highest BCUT2D eigenvalue weighted by Gasteiger charge is 2.13. The zero-order valence-corrected chi connectivity index (χ0v) is 10.4. The third-order valence-electron chi connectivity index (χ3n) is 2.99. The zero-order chi connectivity index (χ0) is 12.6. The van der Waals surface area contributed by atoms with Crippen LogP contribution in [0.5, 0.6) is 0 Å². The molecule has 0 aliphatic rings. The minimum absolute atomic E-state index is 0.363. The summed E-state index contributed by atoms with van der Waals surface area (Å²) in [6.07, 6.45) is 11.6. The Bertz CT molecular complexity index is 402. The largest absolute Gasteiger partial charge is 0.330 e. The van der Waals surface area contributed by atoms with Gasteiger partial charge in [-0.05, 0) is 61.2 Å². The van der Waals surface area contributed by atoms with Crippen LogP contribution < -0.4 is 5.73 Å². The molecule has 2 aromatic rings. The molecule has 0 saturated heterocycles. The molecule has 0 unspecified atom stereocenters. The lowest BCUT2D eigenvalue weighted by molar-refractivity contribution is 0.746. The first kappa shape index (κ1) is 12.7. The predicted molar refractivity (Wildman–Crippen MR) is 72.9 cm³/mol. The van der Waals surface area contributed by atoms with Crippen molar-refractivity contribution in [3.05, 3.63) is 66.6 Å². The molecule has 3 nitrogen and oxygen atoms in total. The Balaban J connectivity index is 2.18. The van der Waals surface area contributed by atoms with Gasteiger partial charge < -0.3 is 5.73 Å². The van der Waals surface area contributed by atoms with Crippen LogP contribution in [-0.4, -0.2) is 16.5 Å². The lowest BCUT2D eigenvalue weighted by Crippen LogP contribution is -2.04. The minimum atomic E-state index is 0.363. The van der Waals surface area contributed by atoms with Crippen molar-refractivity contribution >= 4 is 0 Å². The van der Waals surface area contributed by atoms with Gasteiger partial charge in [-0.1, -0.05) is 0 Å². The van der Waals surface area contributed by atoms with Gasteiger partial charge in [0, 0.05) is 30.7 Å². The third kappa shape index (κ3) is 3.37. The van der Waals surface area contributed by atoms with Gasteiger partial charge in [0.15, 0.2) is 0 Å². The average molecular weight is 240 g/mol. The van der Waals surface area contributed by atoms with Crippen LogP contribution in [0.25, 0.3) is 0 Å². The second kappa shape index (κ2) is 6.87. The smallest absolute Gasteiger partial charge is 0.0270 e. The number of unbranched alkanes of at least 4 members (excludes halogenated alkanes) is 1. The fraction of sp³-hybridized carbons (Fsp3) is 0.267. The molecule has 2 rings (SSSR count). The molecule has 1 radical (unpaired) electrons. The number of rotatable bonds is 6. The highest BCUT2D eigenvalue weighted by molar-refractivity contribution is 5.30. The fourth-order valence-corrected chi connectivity index (χ4v) is 2.06. The van der Waals surface area contributed by atoms with Crippen LogP contribution in [0.2, 0.25) is 0 Å². The van der Waals surface area contributed by atoms with E-state index in [1.807, 2.05) is 24.8 Å². The van der Waals surface area contributed by atoms with Gasteiger partial charge in [-0.15, -0.1) is 0 Å². The van der Waals surface area contributed by atoms with Crippen molar-refractivity contribution in [3.8, 4) is 0 Å². The second-order valence-electron chi connectivity index (χ2n) is 4.22. The van der Waals surface area contributed by atoms with E-state index in [9.17, 15) is 0 Å². The molecule has 2 N–H and O–H groups in total. The van der Waals surface area contributed by atoms with Gasteiger partial charge in [-0.2, -0.15) is 0 Å². The van der Waals surface area contributed by atoms with Crippen LogP contribution >= 0.6 is 0 Å². The van der Waals surface area contributed by atoms with E-state index in [1.54, 1.807) is 0 Å². The van der Waals surface area contributed by atoms with Crippen LogP contribution in [0.15, 0.2) is 49.1 Å². The number of hydrogen-bond donors (Lipinski definition) is 1. The molecule has 0 spiro atoms. The lowest BCUT2D eigenvalue weighted by atomic mass is 9.88. The standard InChI is InChI=1S/C15H18N3/c16-8-2-1-3-15(13-4-9-17-10-5-13)14-6-11-18-12-7-14/h1,4-7,9-12,15H,2-3,8,16H2.